The summed E-state index contributed by atoms with van der Waals surface area (Å²) in [4.78, 5) is 54.9. The molecule has 0 radical (unpaired) electrons. The number of aliphatic hydroxyl groups excluding tert-OH is 5. The summed E-state index contributed by atoms with van der Waals surface area (Å²) in [5.74, 6) is 0. The van der Waals surface area contributed by atoms with E-state index in [0.717, 1.165) is 25.4 Å². The van der Waals surface area contributed by atoms with Gasteiger partial charge in [0.2, 0.25) is 5.72 Å². The Morgan fingerprint density at radius 3 is 2.20 bits per heavy atom. The first-order valence-corrected chi connectivity index (χ1v) is 10.4. The van der Waals surface area contributed by atoms with Gasteiger partial charge in [0.15, 0.2) is 5.60 Å². The van der Waals surface area contributed by atoms with E-state index in [9.17, 15) is 49.8 Å². The van der Waals surface area contributed by atoms with E-state index in [0.29, 0.717) is 4.57 Å². The third kappa shape index (κ3) is 3.16. The van der Waals surface area contributed by atoms with Gasteiger partial charge in [-0.05, 0) is 6.92 Å². The minimum absolute atomic E-state index is 0.475. The summed E-state index contributed by atoms with van der Waals surface area (Å²) in [6.45, 7) is -0.800. The lowest BCUT2D eigenvalue weighted by Crippen LogP contribution is -2.74. The molecule has 4 rings (SSSR count). The third-order valence-corrected chi connectivity index (χ3v) is 6.75. The molecule has 0 aliphatic carbocycles. The number of hydrogen-bond donors (Lipinski definition) is 9. The van der Waals surface area contributed by atoms with Gasteiger partial charge in [0.05, 0.1) is 18.8 Å². The first kappa shape index (κ1) is 25.1. The van der Waals surface area contributed by atoms with Crippen LogP contribution in [0.3, 0.4) is 0 Å². The second-order valence-electron chi connectivity index (χ2n) is 8.52. The fourth-order valence-electron chi connectivity index (χ4n) is 5.06. The topological polar surface area (TPSA) is 260 Å². The Kier molecular flexibility index (Phi) is 5.97. The monoisotopic (exact) mass is 500 g/mol. The van der Waals surface area contributed by atoms with Gasteiger partial charge in [-0.3, -0.25) is 24.1 Å². The van der Waals surface area contributed by atoms with E-state index in [2.05, 4.69) is 4.98 Å². The maximum absolute atomic E-state index is 12.9. The SMILES string of the molecule is C[C@@]1(c2c[nH]c(=O)[nH]c2=O)O[C@H](CO)[C@@H](O)[C@]1(O)[C@@]1(n2ccc(=O)[nH]c2=O)O[C@H](CO)[C@@H](O)[C@H]1O. The Morgan fingerprint density at radius 1 is 1.00 bits per heavy atom. The summed E-state index contributed by atoms with van der Waals surface area (Å²) in [7, 11) is 0. The highest BCUT2D eigenvalue weighted by molar-refractivity contribution is 5.31. The standard InChI is InChI=1S/C19H24N4O12/c1-17(7-4-20-15(31)22-14(7)30)18(33,12(28)9(6-25)34-17)19(13(29)11(27)8(5-24)35-19)23-3-2-10(26)21-16(23)32/h2-4,8-9,11-13,24-25,27-29,33H,5-6H2,1H3,(H,21,26,32)(H2,20,22,30,31)/t8-,9-,11-,12-,13-,17+,18-,19+/m1/s1. The second-order valence-corrected chi connectivity index (χ2v) is 8.52. The summed E-state index contributed by atoms with van der Waals surface area (Å²) in [6.07, 6.45) is -8.10. The molecule has 9 N–H and O–H groups in total. The molecule has 2 aromatic rings. The molecule has 2 fully saturated rings. The highest BCUT2D eigenvalue weighted by Crippen LogP contribution is 2.57. The number of aromatic amines is 3. The fraction of sp³-hybridized carbons (Fsp3) is 0.579. The lowest BCUT2D eigenvalue weighted by Gasteiger charge is -2.51. The molecule has 35 heavy (non-hydrogen) atoms. The molecule has 2 saturated heterocycles. The average Bonchev–Trinajstić information content (AvgIpc) is 3.18. The predicted octanol–water partition coefficient (Wildman–Crippen LogP) is -5.92. The number of nitrogens with one attached hydrogen (secondary N) is 3. The van der Waals surface area contributed by atoms with E-state index >= 15 is 0 Å². The molecule has 8 atom stereocenters. The van der Waals surface area contributed by atoms with E-state index in [-0.39, 0.29) is 0 Å². The quantitative estimate of drug-likeness (QED) is 0.186. The van der Waals surface area contributed by atoms with Crippen LogP contribution in [-0.4, -0.2) is 99.5 Å². The van der Waals surface area contributed by atoms with Crippen LogP contribution in [0.25, 0.3) is 0 Å². The van der Waals surface area contributed by atoms with E-state index in [1.54, 1.807) is 0 Å². The molecule has 16 heteroatoms. The smallest absolute Gasteiger partial charge is 0.330 e. The van der Waals surface area contributed by atoms with Gasteiger partial charge in [-0.1, -0.05) is 0 Å². The molecular formula is C19H24N4O12. The Hall–Kier alpha value is -2.96. The van der Waals surface area contributed by atoms with Crippen LogP contribution in [0.5, 0.6) is 0 Å². The molecule has 0 spiro atoms. The molecule has 0 bridgehead atoms. The van der Waals surface area contributed by atoms with Crippen molar-refractivity contribution in [3.8, 4) is 0 Å². The summed E-state index contributed by atoms with van der Waals surface area (Å²) >= 11 is 0. The number of ether oxygens (including phenoxy) is 2. The van der Waals surface area contributed by atoms with Gasteiger partial charge in [-0.25, -0.2) is 9.59 Å². The van der Waals surface area contributed by atoms with Crippen molar-refractivity contribution in [3.63, 3.8) is 0 Å². The van der Waals surface area contributed by atoms with Gasteiger partial charge in [-0.15, -0.1) is 0 Å². The minimum Gasteiger partial charge on any atom is -0.394 e. The summed E-state index contributed by atoms with van der Waals surface area (Å²) in [6, 6.07) is 0.817. The highest BCUT2D eigenvalue weighted by atomic mass is 16.6. The minimum atomic E-state index is -3.11. The van der Waals surface area contributed by atoms with Crippen LogP contribution in [0, 0.1) is 0 Å². The number of H-pyrrole nitrogens is 3. The van der Waals surface area contributed by atoms with Crippen molar-refractivity contribution in [2.75, 3.05) is 13.2 Å². The summed E-state index contributed by atoms with van der Waals surface area (Å²) in [5.41, 5.74) is -13.2. The molecule has 2 aliphatic rings. The Bertz CT molecular complexity index is 1350. The molecule has 0 amide bonds. The Balaban J connectivity index is 2.13. The van der Waals surface area contributed by atoms with Gasteiger partial charge in [0, 0.05) is 18.5 Å². The average molecular weight is 500 g/mol. The van der Waals surface area contributed by atoms with Crippen molar-refractivity contribution in [2.45, 2.75) is 54.4 Å². The second kappa shape index (κ2) is 8.32. The van der Waals surface area contributed by atoms with Crippen LogP contribution in [0.1, 0.15) is 12.5 Å². The van der Waals surface area contributed by atoms with Crippen LogP contribution >= 0.6 is 0 Å². The van der Waals surface area contributed by atoms with Crippen LogP contribution in [-0.2, 0) is 20.8 Å². The predicted molar refractivity (Wildman–Crippen MR) is 111 cm³/mol. The Labute approximate surface area is 193 Å². The van der Waals surface area contributed by atoms with Gasteiger partial charge in [0.1, 0.15) is 36.1 Å². The van der Waals surface area contributed by atoms with Gasteiger partial charge in [0.25, 0.3) is 11.1 Å². The zero-order chi connectivity index (χ0) is 25.9. The lowest BCUT2D eigenvalue weighted by molar-refractivity contribution is -0.312. The molecule has 4 heterocycles. The van der Waals surface area contributed by atoms with Crippen molar-refractivity contribution >= 4 is 0 Å². The molecular weight excluding hydrogens is 476 g/mol. The van der Waals surface area contributed by atoms with Crippen LogP contribution in [0.2, 0.25) is 0 Å². The number of aromatic nitrogens is 4. The third-order valence-electron chi connectivity index (χ3n) is 6.75. The van der Waals surface area contributed by atoms with Crippen LogP contribution < -0.4 is 22.5 Å². The highest BCUT2D eigenvalue weighted by Gasteiger charge is 2.79. The van der Waals surface area contributed by atoms with Crippen molar-refractivity contribution in [3.05, 3.63) is 65.7 Å². The normalized spacial score (nSPS) is 39.2. The zero-order valence-electron chi connectivity index (χ0n) is 18.1. The van der Waals surface area contributed by atoms with E-state index in [1.165, 1.54) is 0 Å². The number of aliphatic hydroxyl groups is 6. The van der Waals surface area contributed by atoms with Crippen LogP contribution in [0.15, 0.2) is 37.6 Å². The van der Waals surface area contributed by atoms with E-state index in [4.69, 9.17) is 9.47 Å². The number of hydrogen-bond acceptors (Lipinski definition) is 12. The largest absolute Gasteiger partial charge is 0.394 e. The Morgan fingerprint density at radius 2 is 1.66 bits per heavy atom. The molecule has 0 aromatic carbocycles. The molecule has 0 saturated carbocycles. The fourth-order valence-corrected chi connectivity index (χ4v) is 5.06. The van der Waals surface area contributed by atoms with Gasteiger partial charge < -0.3 is 45.1 Å². The first-order valence-electron chi connectivity index (χ1n) is 10.4. The maximum atomic E-state index is 12.9. The van der Waals surface area contributed by atoms with Gasteiger partial charge >= 0.3 is 11.4 Å². The van der Waals surface area contributed by atoms with Gasteiger partial charge in [-0.2, -0.15) is 0 Å². The first-order chi connectivity index (χ1) is 16.4. The van der Waals surface area contributed by atoms with E-state index < -0.39 is 88.7 Å². The maximum Gasteiger partial charge on any atom is 0.330 e. The molecule has 192 valence electrons. The van der Waals surface area contributed by atoms with Crippen molar-refractivity contribution in [2.24, 2.45) is 0 Å². The van der Waals surface area contributed by atoms with Crippen LogP contribution in [0.4, 0.5) is 0 Å². The van der Waals surface area contributed by atoms with E-state index in [1.807, 2.05) is 9.97 Å². The van der Waals surface area contributed by atoms with Crippen molar-refractivity contribution in [1.29, 1.82) is 0 Å². The molecule has 2 aromatic heterocycles. The van der Waals surface area contributed by atoms with Crippen molar-refractivity contribution in [1.82, 2.24) is 19.5 Å². The zero-order valence-corrected chi connectivity index (χ0v) is 18.1. The number of nitrogens with zero attached hydrogens (tertiary/aromatic N) is 1. The molecule has 0 unspecified atom stereocenters. The molecule has 16 nitrogen and oxygen atoms in total. The van der Waals surface area contributed by atoms with Crippen molar-refractivity contribution < 1.29 is 40.1 Å². The summed E-state index contributed by atoms with van der Waals surface area (Å²) < 4.78 is 11.9. The number of rotatable bonds is 5. The summed E-state index contributed by atoms with van der Waals surface area (Å²) in [5, 5.41) is 64.8. The lowest BCUT2D eigenvalue weighted by atomic mass is 9.68. The molecule has 2 aliphatic heterocycles.